The number of hydrogen-bond acceptors (Lipinski definition) is 2. The standard InChI is InChI=1S/C17H12F3NO2/c18-17(19,20)10-5-7-11(8-6-10)21-16(23)14-9-15(22)13-4-2-1-3-12(13)14/h1-8,14H,9H2,(H,21,23)/t14-/m0/s1. The van der Waals surface area contributed by atoms with Crippen LogP contribution < -0.4 is 5.32 Å². The van der Waals surface area contributed by atoms with E-state index in [1.54, 1.807) is 24.3 Å². The van der Waals surface area contributed by atoms with Gasteiger partial charge in [-0.25, -0.2) is 0 Å². The number of halogens is 3. The molecule has 118 valence electrons. The van der Waals surface area contributed by atoms with E-state index in [9.17, 15) is 22.8 Å². The van der Waals surface area contributed by atoms with Gasteiger partial charge in [0.1, 0.15) is 0 Å². The third-order valence-corrected chi connectivity index (χ3v) is 3.82. The second-order valence-electron chi connectivity index (χ2n) is 5.33. The van der Waals surface area contributed by atoms with E-state index in [-0.39, 0.29) is 17.9 Å². The molecule has 1 aliphatic rings. The Hall–Kier alpha value is -2.63. The van der Waals surface area contributed by atoms with Gasteiger partial charge in [0.25, 0.3) is 0 Å². The number of nitrogens with one attached hydrogen (secondary N) is 1. The Morgan fingerprint density at radius 1 is 1.04 bits per heavy atom. The van der Waals surface area contributed by atoms with Gasteiger partial charge in [0.15, 0.2) is 5.78 Å². The number of anilines is 1. The van der Waals surface area contributed by atoms with Gasteiger partial charge >= 0.3 is 6.18 Å². The van der Waals surface area contributed by atoms with Gasteiger partial charge in [-0.15, -0.1) is 0 Å². The van der Waals surface area contributed by atoms with Crippen molar-refractivity contribution in [2.45, 2.75) is 18.5 Å². The van der Waals surface area contributed by atoms with Gasteiger partial charge in [-0.3, -0.25) is 9.59 Å². The quantitative estimate of drug-likeness (QED) is 0.909. The summed E-state index contributed by atoms with van der Waals surface area (Å²) in [4.78, 5) is 24.2. The summed E-state index contributed by atoms with van der Waals surface area (Å²) in [6.07, 6.45) is -4.34. The van der Waals surface area contributed by atoms with Crippen LogP contribution in [-0.2, 0) is 11.0 Å². The summed E-state index contributed by atoms with van der Waals surface area (Å²) in [6, 6.07) is 11.1. The minimum atomic E-state index is -4.42. The molecule has 0 saturated carbocycles. The summed E-state index contributed by atoms with van der Waals surface area (Å²) in [5, 5.41) is 2.57. The molecular weight excluding hydrogens is 307 g/mol. The second-order valence-corrected chi connectivity index (χ2v) is 5.33. The maximum atomic E-state index is 12.5. The molecule has 2 aromatic rings. The molecule has 0 saturated heterocycles. The minimum Gasteiger partial charge on any atom is -0.326 e. The second kappa shape index (κ2) is 5.53. The SMILES string of the molecule is O=C1C[C@H](C(=O)Nc2ccc(C(F)(F)F)cc2)c2ccccc21. The van der Waals surface area contributed by atoms with Crippen molar-refractivity contribution in [1.29, 1.82) is 0 Å². The van der Waals surface area contributed by atoms with Crippen LogP contribution in [0.1, 0.15) is 33.8 Å². The van der Waals surface area contributed by atoms with E-state index < -0.39 is 23.6 Å². The predicted molar refractivity (Wildman–Crippen MR) is 78.2 cm³/mol. The lowest BCUT2D eigenvalue weighted by Crippen LogP contribution is -2.19. The Kier molecular flexibility index (Phi) is 3.67. The summed E-state index contributed by atoms with van der Waals surface area (Å²) >= 11 is 0. The molecule has 1 amide bonds. The molecule has 23 heavy (non-hydrogen) atoms. The molecule has 0 heterocycles. The number of benzene rings is 2. The van der Waals surface area contributed by atoms with E-state index in [4.69, 9.17) is 0 Å². The zero-order valence-corrected chi connectivity index (χ0v) is 11.9. The monoisotopic (exact) mass is 319 g/mol. The number of ketones is 1. The van der Waals surface area contributed by atoms with E-state index in [1.165, 1.54) is 12.1 Å². The highest BCUT2D eigenvalue weighted by Crippen LogP contribution is 2.34. The van der Waals surface area contributed by atoms with Gasteiger partial charge in [-0.05, 0) is 29.8 Å². The van der Waals surface area contributed by atoms with Crippen LogP contribution in [0.3, 0.4) is 0 Å². The summed E-state index contributed by atoms with van der Waals surface area (Å²) in [6.45, 7) is 0. The summed E-state index contributed by atoms with van der Waals surface area (Å²) < 4.78 is 37.5. The fourth-order valence-corrected chi connectivity index (χ4v) is 2.67. The molecule has 0 fully saturated rings. The molecule has 0 aliphatic heterocycles. The summed E-state index contributed by atoms with van der Waals surface area (Å²) in [5.74, 6) is -1.11. The van der Waals surface area contributed by atoms with Crippen LogP contribution in [0.25, 0.3) is 0 Å². The van der Waals surface area contributed by atoms with Crippen molar-refractivity contribution < 1.29 is 22.8 Å². The first-order valence-electron chi connectivity index (χ1n) is 6.96. The van der Waals surface area contributed by atoms with Crippen LogP contribution in [-0.4, -0.2) is 11.7 Å². The Bertz CT molecular complexity index is 766. The number of Topliss-reactive ketones (excluding diaryl/α,β-unsaturated/α-hetero) is 1. The first-order valence-corrected chi connectivity index (χ1v) is 6.96. The van der Waals surface area contributed by atoms with E-state index in [2.05, 4.69) is 5.32 Å². The maximum absolute atomic E-state index is 12.5. The molecule has 0 spiro atoms. The third kappa shape index (κ3) is 2.97. The van der Waals surface area contributed by atoms with Crippen molar-refractivity contribution >= 4 is 17.4 Å². The van der Waals surface area contributed by atoms with Crippen molar-refractivity contribution in [3.8, 4) is 0 Å². The summed E-state index contributed by atoms with van der Waals surface area (Å²) in [7, 11) is 0. The van der Waals surface area contributed by atoms with Gasteiger partial charge in [0, 0.05) is 17.7 Å². The van der Waals surface area contributed by atoms with E-state index >= 15 is 0 Å². The smallest absolute Gasteiger partial charge is 0.326 e. The molecule has 0 bridgehead atoms. The average molecular weight is 319 g/mol. The Balaban J connectivity index is 1.77. The van der Waals surface area contributed by atoms with Crippen LogP contribution in [0.4, 0.5) is 18.9 Å². The molecular formula is C17H12F3NO2. The van der Waals surface area contributed by atoms with Crippen molar-refractivity contribution in [2.75, 3.05) is 5.32 Å². The molecule has 6 heteroatoms. The van der Waals surface area contributed by atoms with Crippen LogP contribution in [0.2, 0.25) is 0 Å². The third-order valence-electron chi connectivity index (χ3n) is 3.82. The topological polar surface area (TPSA) is 46.2 Å². The first-order chi connectivity index (χ1) is 10.9. The highest BCUT2D eigenvalue weighted by molar-refractivity contribution is 6.09. The van der Waals surface area contributed by atoms with Crippen molar-refractivity contribution in [1.82, 2.24) is 0 Å². The Morgan fingerprint density at radius 3 is 2.35 bits per heavy atom. The predicted octanol–water partition coefficient (Wildman–Crippen LogP) is 4.01. The number of carbonyl (C=O) groups is 2. The highest BCUT2D eigenvalue weighted by Gasteiger charge is 2.34. The van der Waals surface area contributed by atoms with Crippen molar-refractivity contribution in [3.63, 3.8) is 0 Å². The first kappa shape index (κ1) is 15.3. The largest absolute Gasteiger partial charge is 0.416 e. The molecule has 3 nitrogen and oxygen atoms in total. The maximum Gasteiger partial charge on any atom is 0.416 e. The number of alkyl halides is 3. The Labute approximate surface area is 130 Å². The van der Waals surface area contributed by atoms with Crippen LogP contribution >= 0.6 is 0 Å². The van der Waals surface area contributed by atoms with E-state index in [0.717, 1.165) is 12.1 Å². The number of hydrogen-bond donors (Lipinski definition) is 1. The highest BCUT2D eigenvalue weighted by atomic mass is 19.4. The van der Waals surface area contributed by atoms with Gasteiger partial charge in [0.2, 0.25) is 5.91 Å². The zero-order valence-electron chi connectivity index (χ0n) is 11.9. The van der Waals surface area contributed by atoms with E-state index in [1.807, 2.05) is 0 Å². The van der Waals surface area contributed by atoms with Gasteiger partial charge in [-0.1, -0.05) is 24.3 Å². The molecule has 2 aromatic carbocycles. The fourth-order valence-electron chi connectivity index (χ4n) is 2.67. The van der Waals surface area contributed by atoms with Crippen molar-refractivity contribution in [3.05, 3.63) is 65.2 Å². The molecule has 1 aliphatic carbocycles. The average Bonchev–Trinajstić information content (AvgIpc) is 2.85. The normalized spacial score (nSPS) is 17.0. The summed E-state index contributed by atoms with van der Waals surface area (Å²) in [5.41, 5.74) is 0.665. The lowest BCUT2D eigenvalue weighted by molar-refractivity contribution is -0.137. The Morgan fingerprint density at radius 2 is 1.70 bits per heavy atom. The van der Waals surface area contributed by atoms with Gasteiger partial charge < -0.3 is 5.32 Å². The number of fused-ring (bicyclic) bond motifs is 1. The van der Waals surface area contributed by atoms with Crippen LogP contribution in [0, 0.1) is 0 Å². The van der Waals surface area contributed by atoms with Crippen LogP contribution in [0.5, 0.6) is 0 Å². The molecule has 0 unspecified atom stereocenters. The van der Waals surface area contributed by atoms with Gasteiger partial charge in [-0.2, -0.15) is 13.2 Å². The molecule has 1 N–H and O–H groups in total. The molecule has 1 atom stereocenters. The fraction of sp³-hybridized carbons (Fsp3) is 0.176. The van der Waals surface area contributed by atoms with Gasteiger partial charge in [0.05, 0.1) is 11.5 Å². The number of carbonyl (C=O) groups excluding carboxylic acids is 2. The minimum absolute atomic E-state index is 0.0752. The molecule has 0 aromatic heterocycles. The van der Waals surface area contributed by atoms with E-state index in [0.29, 0.717) is 11.1 Å². The molecule has 3 rings (SSSR count). The zero-order chi connectivity index (χ0) is 16.6. The number of amides is 1. The molecule has 0 radical (unpaired) electrons. The van der Waals surface area contributed by atoms with Crippen molar-refractivity contribution in [2.24, 2.45) is 0 Å². The van der Waals surface area contributed by atoms with Crippen LogP contribution in [0.15, 0.2) is 48.5 Å². The lowest BCUT2D eigenvalue weighted by Gasteiger charge is -2.12. The number of rotatable bonds is 2. The lowest BCUT2D eigenvalue weighted by atomic mass is 10.0.